The van der Waals surface area contributed by atoms with Gasteiger partial charge < -0.3 is 24.2 Å². The molecule has 2 saturated heterocycles. The van der Waals surface area contributed by atoms with Crippen molar-refractivity contribution in [2.24, 2.45) is 5.92 Å². The van der Waals surface area contributed by atoms with E-state index in [9.17, 15) is 14.4 Å². The molecule has 36 heavy (non-hydrogen) atoms. The predicted molar refractivity (Wildman–Crippen MR) is 133 cm³/mol. The van der Waals surface area contributed by atoms with Gasteiger partial charge in [0.15, 0.2) is 0 Å². The molecule has 0 radical (unpaired) electrons. The fourth-order valence-electron chi connectivity index (χ4n) is 4.60. The highest BCUT2D eigenvalue weighted by molar-refractivity contribution is 5.91. The van der Waals surface area contributed by atoms with E-state index < -0.39 is 12.0 Å². The molecule has 1 aromatic heterocycles. The summed E-state index contributed by atoms with van der Waals surface area (Å²) in [5.74, 6) is -0.189. The van der Waals surface area contributed by atoms with E-state index in [2.05, 4.69) is 11.6 Å². The van der Waals surface area contributed by atoms with Gasteiger partial charge in [-0.1, -0.05) is 24.3 Å². The lowest BCUT2D eigenvalue weighted by Crippen LogP contribution is -2.43. The summed E-state index contributed by atoms with van der Waals surface area (Å²) < 4.78 is 11.5. The molecule has 2 fully saturated rings. The Kier molecular flexibility index (Phi) is 8.32. The third-order valence-corrected chi connectivity index (χ3v) is 6.45. The van der Waals surface area contributed by atoms with Crippen molar-refractivity contribution in [2.75, 3.05) is 39.8 Å². The van der Waals surface area contributed by atoms with Crippen LogP contribution in [0.3, 0.4) is 0 Å². The molecule has 2 aliphatic rings. The molecule has 190 valence electrons. The first-order valence-corrected chi connectivity index (χ1v) is 12.1. The molecule has 3 amide bonds. The second-order valence-corrected chi connectivity index (χ2v) is 9.09. The Labute approximate surface area is 211 Å². The lowest BCUT2D eigenvalue weighted by molar-refractivity contribution is -0.141. The van der Waals surface area contributed by atoms with Crippen molar-refractivity contribution >= 4 is 17.7 Å². The Hall–Kier alpha value is -3.72. The van der Waals surface area contributed by atoms with Crippen LogP contribution in [0.2, 0.25) is 0 Å². The van der Waals surface area contributed by atoms with Crippen LogP contribution in [-0.2, 0) is 32.3 Å². The summed E-state index contributed by atoms with van der Waals surface area (Å²) in [5, 5.41) is 0. The van der Waals surface area contributed by atoms with Crippen LogP contribution in [0.4, 0.5) is 0 Å². The topological polar surface area (TPSA) is 92.3 Å². The SMILES string of the molecule is C=CCN1C[C@@H](C(=O)N2CC(=O)N(Cc3ccccn3)C[C@H](OCc3cccc(OC)c3)C2)CC1=O. The minimum Gasteiger partial charge on any atom is -0.497 e. The summed E-state index contributed by atoms with van der Waals surface area (Å²) in [6.07, 6.45) is 3.08. The maximum absolute atomic E-state index is 13.4. The number of carbonyl (C=O) groups is 3. The predicted octanol–water partition coefficient (Wildman–Crippen LogP) is 1.88. The first-order chi connectivity index (χ1) is 17.5. The van der Waals surface area contributed by atoms with Crippen LogP contribution in [0.1, 0.15) is 17.7 Å². The first kappa shape index (κ1) is 25.4. The van der Waals surface area contributed by atoms with Gasteiger partial charge in [0, 0.05) is 38.8 Å². The van der Waals surface area contributed by atoms with E-state index in [1.54, 1.807) is 34.1 Å². The molecule has 9 nitrogen and oxygen atoms in total. The summed E-state index contributed by atoms with van der Waals surface area (Å²) >= 11 is 0. The van der Waals surface area contributed by atoms with Gasteiger partial charge in [-0.15, -0.1) is 6.58 Å². The maximum Gasteiger partial charge on any atom is 0.242 e. The minimum absolute atomic E-state index is 0.0587. The van der Waals surface area contributed by atoms with Crippen molar-refractivity contribution in [3.8, 4) is 5.75 Å². The molecule has 2 atom stereocenters. The Morgan fingerprint density at radius 1 is 1.11 bits per heavy atom. The van der Waals surface area contributed by atoms with Crippen LogP contribution in [0, 0.1) is 5.92 Å². The molecule has 1 aromatic carbocycles. The molecule has 0 unspecified atom stereocenters. The van der Waals surface area contributed by atoms with Gasteiger partial charge in [-0.3, -0.25) is 19.4 Å². The zero-order valence-corrected chi connectivity index (χ0v) is 20.5. The van der Waals surface area contributed by atoms with Crippen LogP contribution in [-0.4, -0.2) is 83.3 Å². The molecule has 9 heteroatoms. The van der Waals surface area contributed by atoms with Gasteiger partial charge in [0.1, 0.15) is 5.75 Å². The van der Waals surface area contributed by atoms with Gasteiger partial charge in [-0.05, 0) is 29.8 Å². The zero-order chi connectivity index (χ0) is 25.5. The quantitative estimate of drug-likeness (QED) is 0.497. The number of carbonyl (C=O) groups excluding carboxylic acids is 3. The standard InChI is InChI=1S/C27H32N4O5/c1-3-11-29-14-21(13-25(29)32)27(34)31-17-24(36-19-20-7-6-9-23(12-20)35-2)16-30(26(33)18-31)15-22-8-4-5-10-28-22/h3-10,12,21,24H,1,11,13-19H2,2H3/t21-,24-/m0/s1. The number of aromatic nitrogens is 1. The number of hydrogen-bond donors (Lipinski definition) is 0. The molecule has 2 aliphatic heterocycles. The fraction of sp³-hybridized carbons (Fsp3) is 0.407. The second kappa shape index (κ2) is 11.8. The van der Waals surface area contributed by atoms with E-state index in [0.717, 1.165) is 17.0 Å². The third-order valence-electron chi connectivity index (χ3n) is 6.45. The van der Waals surface area contributed by atoms with Gasteiger partial charge in [0.25, 0.3) is 0 Å². The molecule has 4 rings (SSSR count). The number of ether oxygens (including phenoxy) is 2. The van der Waals surface area contributed by atoms with E-state index in [-0.39, 0.29) is 37.2 Å². The van der Waals surface area contributed by atoms with Gasteiger partial charge in [0.05, 0.1) is 44.5 Å². The molecule has 2 aromatic rings. The van der Waals surface area contributed by atoms with Gasteiger partial charge in [0.2, 0.25) is 17.7 Å². The lowest BCUT2D eigenvalue weighted by Gasteiger charge is -2.26. The molecule has 0 saturated carbocycles. The van der Waals surface area contributed by atoms with Crippen molar-refractivity contribution in [3.05, 3.63) is 72.6 Å². The van der Waals surface area contributed by atoms with Crippen molar-refractivity contribution < 1.29 is 23.9 Å². The van der Waals surface area contributed by atoms with Crippen molar-refractivity contribution in [3.63, 3.8) is 0 Å². The monoisotopic (exact) mass is 492 g/mol. The minimum atomic E-state index is -0.480. The van der Waals surface area contributed by atoms with Crippen molar-refractivity contribution in [2.45, 2.75) is 25.7 Å². The average molecular weight is 493 g/mol. The Balaban J connectivity index is 1.50. The number of benzene rings is 1. The smallest absolute Gasteiger partial charge is 0.242 e. The lowest BCUT2D eigenvalue weighted by atomic mass is 10.1. The highest BCUT2D eigenvalue weighted by Gasteiger charge is 2.39. The second-order valence-electron chi connectivity index (χ2n) is 9.09. The molecular weight excluding hydrogens is 460 g/mol. The number of methoxy groups -OCH3 is 1. The number of nitrogens with zero attached hydrogens (tertiary/aromatic N) is 4. The highest BCUT2D eigenvalue weighted by Crippen LogP contribution is 2.23. The number of hydrogen-bond acceptors (Lipinski definition) is 6. The van der Waals surface area contributed by atoms with E-state index in [0.29, 0.717) is 32.8 Å². The highest BCUT2D eigenvalue weighted by atomic mass is 16.5. The number of rotatable bonds is 9. The summed E-state index contributed by atoms with van der Waals surface area (Å²) in [7, 11) is 1.61. The Morgan fingerprint density at radius 3 is 2.72 bits per heavy atom. The maximum atomic E-state index is 13.4. The number of amides is 3. The van der Waals surface area contributed by atoms with E-state index in [1.807, 2.05) is 42.5 Å². The van der Waals surface area contributed by atoms with E-state index in [4.69, 9.17) is 9.47 Å². The summed E-state index contributed by atoms with van der Waals surface area (Å²) in [5.41, 5.74) is 1.69. The summed E-state index contributed by atoms with van der Waals surface area (Å²) in [6.45, 7) is 5.60. The molecular formula is C27H32N4O5. The molecule has 0 spiro atoms. The largest absolute Gasteiger partial charge is 0.497 e. The molecule has 0 N–H and O–H groups in total. The van der Waals surface area contributed by atoms with E-state index >= 15 is 0 Å². The van der Waals surface area contributed by atoms with Crippen molar-refractivity contribution in [1.82, 2.24) is 19.7 Å². The average Bonchev–Trinajstić information content (AvgIpc) is 3.18. The normalized spacial score (nSPS) is 20.4. The van der Waals surface area contributed by atoms with Crippen LogP contribution < -0.4 is 4.74 Å². The number of likely N-dealkylation sites (tertiary alicyclic amines) is 1. The summed E-state index contributed by atoms with van der Waals surface area (Å²) in [6, 6.07) is 13.2. The van der Waals surface area contributed by atoms with E-state index in [1.165, 1.54) is 0 Å². The van der Waals surface area contributed by atoms with Crippen LogP contribution >= 0.6 is 0 Å². The van der Waals surface area contributed by atoms with Crippen LogP contribution in [0.25, 0.3) is 0 Å². The van der Waals surface area contributed by atoms with Gasteiger partial charge in [-0.2, -0.15) is 0 Å². The van der Waals surface area contributed by atoms with Gasteiger partial charge in [-0.25, -0.2) is 0 Å². The molecule has 0 aliphatic carbocycles. The van der Waals surface area contributed by atoms with Crippen molar-refractivity contribution in [1.29, 1.82) is 0 Å². The first-order valence-electron chi connectivity index (χ1n) is 12.1. The van der Waals surface area contributed by atoms with Gasteiger partial charge >= 0.3 is 0 Å². The zero-order valence-electron chi connectivity index (χ0n) is 20.5. The van der Waals surface area contributed by atoms with Crippen LogP contribution in [0.15, 0.2) is 61.3 Å². The number of pyridine rings is 1. The third kappa shape index (κ3) is 6.28. The fourth-order valence-corrected chi connectivity index (χ4v) is 4.60. The molecule has 0 bridgehead atoms. The summed E-state index contributed by atoms with van der Waals surface area (Å²) in [4.78, 5) is 48.2. The van der Waals surface area contributed by atoms with Crippen LogP contribution in [0.5, 0.6) is 5.75 Å². The Morgan fingerprint density at radius 2 is 1.97 bits per heavy atom. The molecule has 3 heterocycles. The Bertz CT molecular complexity index is 1090.